The van der Waals surface area contributed by atoms with Crippen LogP contribution in [0.5, 0.6) is 0 Å². The van der Waals surface area contributed by atoms with Crippen molar-refractivity contribution in [2.45, 2.75) is 6.42 Å². The summed E-state index contributed by atoms with van der Waals surface area (Å²) in [5, 5.41) is 7.23. The fourth-order valence-corrected chi connectivity index (χ4v) is 3.65. The summed E-state index contributed by atoms with van der Waals surface area (Å²) in [6, 6.07) is 20.1. The van der Waals surface area contributed by atoms with Gasteiger partial charge in [-0.15, -0.1) is 0 Å². The maximum Gasteiger partial charge on any atom is 0.271 e. The van der Waals surface area contributed by atoms with Gasteiger partial charge in [-0.3, -0.25) is 9.89 Å². The second-order valence-electron chi connectivity index (χ2n) is 6.64. The number of amides is 1. The van der Waals surface area contributed by atoms with Crippen molar-refractivity contribution in [3.05, 3.63) is 70.8 Å². The van der Waals surface area contributed by atoms with Crippen LogP contribution in [-0.2, 0) is 0 Å². The van der Waals surface area contributed by atoms with Gasteiger partial charge in [-0.2, -0.15) is 5.10 Å². The summed E-state index contributed by atoms with van der Waals surface area (Å²) < 4.78 is 1.02. The first kappa shape index (κ1) is 17.8. The van der Waals surface area contributed by atoms with Crippen LogP contribution in [-0.4, -0.2) is 47.2 Å². The number of aromatic nitrogens is 2. The van der Waals surface area contributed by atoms with Crippen LogP contribution in [0.3, 0.4) is 0 Å². The molecule has 0 radical (unpaired) electrons. The van der Waals surface area contributed by atoms with Crippen molar-refractivity contribution in [1.29, 1.82) is 0 Å². The number of nitrogens with one attached hydrogen (secondary N) is 1. The van der Waals surface area contributed by atoms with E-state index in [1.54, 1.807) is 0 Å². The van der Waals surface area contributed by atoms with Gasteiger partial charge in [-0.1, -0.05) is 46.3 Å². The molecule has 1 aliphatic heterocycles. The first-order valence-corrected chi connectivity index (χ1v) is 9.90. The molecule has 1 aromatic heterocycles. The minimum absolute atomic E-state index is 0.0146. The van der Waals surface area contributed by atoms with Gasteiger partial charge in [0.05, 0.1) is 5.69 Å². The fraction of sp³-hybridized carbons (Fsp3) is 0.238. The highest BCUT2D eigenvalue weighted by Crippen LogP contribution is 2.22. The molecular weight excluding hydrogens is 404 g/mol. The molecule has 4 rings (SSSR count). The molecule has 6 heteroatoms. The molecule has 0 unspecified atom stereocenters. The molecule has 2 aromatic carbocycles. The molecule has 0 saturated carbocycles. The minimum atomic E-state index is 0.0146. The number of hydrogen-bond donors (Lipinski definition) is 1. The van der Waals surface area contributed by atoms with Gasteiger partial charge < -0.3 is 9.80 Å². The number of hydrogen-bond acceptors (Lipinski definition) is 3. The second kappa shape index (κ2) is 7.96. The number of H-pyrrole nitrogens is 1. The van der Waals surface area contributed by atoms with Crippen LogP contribution in [0.15, 0.2) is 65.1 Å². The third kappa shape index (κ3) is 4.06. The smallest absolute Gasteiger partial charge is 0.271 e. The molecule has 3 aromatic rings. The Morgan fingerprint density at radius 2 is 1.74 bits per heavy atom. The van der Waals surface area contributed by atoms with Crippen molar-refractivity contribution in [3.8, 4) is 11.3 Å². The van der Waals surface area contributed by atoms with Crippen LogP contribution in [0.2, 0.25) is 0 Å². The van der Waals surface area contributed by atoms with Gasteiger partial charge in [0.2, 0.25) is 0 Å². The van der Waals surface area contributed by atoms with Crippen molar-refractivity contribution in [2.75, 3.05) is 31.1 Å². The van der Waals surface area contributed by atoms with Gasteiger partial charge in [0.15, 0.2) is 0 Å². The maximum absolute atomic E-state index is 12.9. The standard InChI is InChI=1S/C21H21BrN4O/c22-17-9-7-16(8-10-17)19-15-20(24-23-19)21(27)26-12-4-11-25(13-14-26)18-5-2-1-3-6-18/h1-3,5-10,15H,4,11-14H2,(H,23,24). The number of nitrogens with zero attached hydrogens (tertiary/aromatic N) is 3. The zero-order valence-electron chi connectivity index (χ0n) is 14.9. The number of aromatic amines is 1. The first-order valence-electron chi connectivity index (χ1n) is 9.11. The van der Waals surface area contributed by atoms with Crippen molar-refractivity contribution < 1.29 is 4.79 Å². The third-order valence-corrected chi connectivity index (χ3v) is 5.38. The zero-order chi connectivity index (χ0) is 18.6. The zero-order valence-corrected chi connectivity index (χ0v) is 16.5. The maximum atomic E-state index is 12.9. The number of rotatable bonds is 3. The molecule has 0 spiro atoms. The molecule has 138 valence electrons. The molecule has 0 aliphatic carbocycles. The minimum Gasteiger partial charge on any atom is -0.370 e. The van der Waals surface area contributed by atoms with E-state index in [9.17, 15) is 4.79 Å². The van der Waals surface area contributed by atoms with Gasteiger partial charge in [-0.25, -0.2) is 0 Å². The van der Waals surface area contributed by atoms with Crippen LogP contribution >= 0.6 is 15.9 Å². The van der Waals surface area contributed by atoms with Crippen molar-refractivity contribution >= 4 is 27.5 Å². The van der Waals surface area contributed by atoms with Gasteiger partial charge in [0.25, 0.3) is 5.91 Å². The fourth-order valence-electron chi connectivity index (χ4n) is 3.39. The Morgan fingerprint density at radius 1 is 0.963 bits per heavy atom. The van der Waals surface area contributed by atoms with Crippen LogP contribution in [0.1, 0.15) is 16.9 Å². The summed E-state index contributed by atoms with van der Waals surface area (Å²) in [6.45, 7) is 3.26. The van der Waals surface area contributed by atoms with E-state index >= 15 is 0 Å². The average Bonchev–Trinajstić information content (AvgIpc) is 3.06. The molecule has 1 amide bonds. The highest BCUT2D eigenvalue weighted by Gasteiger charge is 2.22. The normalized spacial score (nSPS) is 14.9. The van der Waals surface area contributed by atoms with E-state index in [0.29, 0.717) is 12.2 Å². The Balaban J connectivity index is 1.45. The lowest BCUT2D eigenvalue weighted by Gasteiger charge is -2.23. The average molecular weight is 425 g/mol. The highest BCUT2D eigenvalue weighted by molar-refractivity contribution is 9.10. The molecule has 1 aliphatic rings. The van der Waals surface area contributed by atoms with Gasteiger partial charge in [-0.05, 0) is 36.8 Å². The topological polar surface area (TPSA) is 52.2 Å². The van der Waals surface area contributed by atoms with E-state index < -0.39 is 0 Å². The number of benzene rings is 2. The molecule has 27 heavy (non-hydrogen) atoms. The van der Waals surface area contributed by atoms with E-state index in [4.69, 9.17) is 0 Å². The third-order valence-electron chi connectivity index (χ3n) is 4.85. The van der Waals surface area contributed by atoms with Crippen LogP contribution < -0.4 is 4.90 Å². The molecule has 1 N–H and O–H groups in total. The monoisotopic (exact) mass is 424 g/mol. The quantitative estimate of drug-likeness (QED) is 0.685. The lowest BCUT2D eigenvalue weighted by Crippen LogP contribution is -2.35. The molecule has 1 fully saturated rings. The SMILES string of the molecule is O=C(c1cc(-c2ccc(Br)cc2)n[nH]1)N1CCCN(c2ccccc2)CC1. The number of carbonyl (C=O) groups excluding carboxylic acids is 1. The summed E-state index contributed by atoms with van der Waals surface area (Å²) in [5.74, 6) is 0.0146. The largest absolute Gasteiger partial charge is 0.370 e. The summed E-state index contributed by atoms with van der Waals surface area (Å²) in [5.41, 5.74) is 3.53. The van der Waals surface area contributed by atoms with Crippen molar-refractivity contribution in [1.82, 2.24) is 15.1 Å². The molecule has 1 saturated heterocycles. The van der Waals surface area contributed by atoms with Gasteiger partial charge in [0.1, 0.15) is 5.69 Å². The molecule has 2 heterocycles. The molecule has 0 atom stereocenters. The summed E-state index contributed by atoms with van der Waals surface area (Å²) >= 11 is 3.43. The Morgan fingerprint density at radius 3 is 2.52 bits per heavy atom. The number of carbonyl (C=O) groups is 1. The van der Waals surface area contributed by atoms with Crippen molar-refractivity contribution in [2.24, 2.45) is 0 Å². The van der Waals surface area contributed by atoms with Gasteiger partial charge >= 0.3 is 0 Å². The van der Waals surface area contributed by atoms with Crippen LogP contribution in [0.25, 0.3) is 11.3 Å². The summed E-state index contributed by atoms with van der Waals surface area (Å²) in [7, 11) is 0. The lowest BCUT2D eigenvalue weighted by molar-refractivity contribution is 0.0761. The van der Waals surface area contributed by atoms with Crippen LogP contribution in [0.4, 0.5) is 5.69 Å². The summed E-state index contributed by atoms with van der Waals surface area (Å²) in [4.78, 5) is 17.2. The number of anilines is 1. The van der Waals surface area contributed by atoms with Crippen LogP contribution in [0, 0.1) is 0 Å². The predicted molar refractivity (Wildman–Crippen MR) is 111 cm³/mol. The Labute approximate surface area is 167 Å². The van der Waals surface area contributed by atoms with E-state index in [1.807, 2.05) is 41.3 Å². The Hall–Kier alpha value is -2.60. The van der Waals surface area contributed by atoms with E-state index in [2.05, 4.69) is 55.3 Å². The van der Waals surface area contributed by atoms with Crippen molar-refractivity contribution in [3.63, 3.8) is 0 Å². The molecule has 0 bridgehead atoms. The molecule has 5 nitrogen and oxygen atoms in total. The molecular formula is C21H21BrN4O. The first-order chi connectivity index (χ1) is 13.2. The predicted octanol–water partition coefficient (Wildman–Crippen LogP) is 4.19. The Bertz CT molecular complexity index is 907. The van der Waals surface area contributed by atoms with E-state index in [1.165, 1.54) is 5.69 Å². The Kier molecular flexibility index (Phi) is 5.25. The summed E-state index contributed by atoms with van der Waals surface area (Å²) in [6.07, 6.45) is 0.953. The lowest BCUT2D eigenvalue weighted by atomic mass is 10.1. The number of para-hydroxylation sites is 1. The van der Waals surface area contributed by atoms with E-state index in [-0.39, 0.29) is 5.91 Å². The van der Waals surface area contributed by atoms with Gasteiger partial charge in [0, 0.05) is 41.9 Å². The number of halogens is 1. The highest BCUT2D eigenvalue weighted by atomic mass is 79.9. The van der Waals surface area contributed by atoms with E-state index in [0.717, 1.165) is 41.8 Å². The second-order valence-corrected chi connectivity index (χ2v) is 7.56.